The number of hydrogen-bond acceptors (Lipinski definition) is 6. The van der Waals surface area contributed by atoms with Crippen LogP contribution in [0.15, 0.2) is 30.3 Å². The summed E-state index contributed by atoms with van der Waals surface area (Å²) in [4.78, 5) is 2.61. The van der Waals surface area contributed by atoms with Crippen LogP contribution in [0.2, 0.25) is 0 Å². The number of phenolic OH excluding ortho intramolecular Hbond substituents is 4. The first-order valence-corrected chi connectivity index (χ1v) is 12.3. The molecule has 0 saturated heterocycles. The molecule has 182 valence electrons. The maximum absolute atomic E-state index is 10.1. The third kappa shape index (κ3) is 7.27. The minimum Gasteiger partial charge on any atom is -0.504 e. The second-order valence-corrected chi connectivity index (χ2v) is 9.10. The van der Waals surface area contributed by atoms with Crippen LogP contribution < -0.4 is 0 Å². The zero-order valence-corrected chi connectivity index (χ0v) is 19.8. The average molecular weight is 458 g/mol. The van der Waals surface area contributed by atoms with Crippen molar-refractivity contribution in [1.29, 1.82) is 0 Å². The highest BCUT2D eigenvalue weighted by molar-refractivity contribution is 5.50. The van der Waals surface area contributed by atoms with E-state index in [1.54, 1.807) is 18.2 Å². The van der Waals surface area contributed by atoms with Gasteiger partial charge in [-0.1, -0.05) is 31.9 Å². The Hall–Kier alpha value is -2.44. The van der Waals surface area contributed by atoms with Gasteiger partial charge >= 0.3 is 0 Å². The predicted molar refractivity (Wildman–Crippen MR) is 130 cm³/mol. The molecule has 0 aliphatic heterocycles. The van der Waals surface area contributed by atoms with E-state index in [1.165, 1.54) is 24.5 Å². The average Bonchev–Trinajstić information content (AvgIpc) is 2.81. The van der Waals surface area contributed by atoms with Crippen molar-refractivity contribution in [3.63, 3.8) is 0 Å². The molecule has 0 unspecified atom stereocenters. The molecule has 6 heteroatoms. The quantitative estimate of drug-likeness (QED) is 0.253. The normalized spacial score (nSPS) is 15.6. The third-order valence-corrected chi connectivity index (χ3v) is 6.63. The van der Waals surface area contributed by atoms with Crippen LogP contribution in [-0.4, -0.2) is 57.7 Å². The number of hydrogen-bond donors (Lipinski definition) is 4. The summed E-state index contributed by atoms with van der Waals surface area (Å²) in [5.74, 6) is -0.123. The van der Waals surface area contributed by atoms with Gasteiger partial charge in [0.05, 0.1) is 6.61 Å². The smallest absolute Gasteiger partial charge is 0.160 e. The summed E-state index contributed by atoms with van der Waals surface area (Å²) in [6.45, 7) is 5.79. The van der Waals surface area contributed by atoms with Gasteiger partial charge < -0.3 is 30.1 Å². The van der Waals surface area contributed by atoms with Crippen molar-refractivity contribution >= 4 is 0 Å². The van der Waals surface area contributed by atoms with Crippen molar-refractivity contribution in [2.45, 2.75) is 70.8 Å². The van der Waals surface area contributed by atoms with Crippen LogP contribution in [-0.2, 0) is 24.0 Å². The van der Waals surface area contributed by atoms with Crippen molar-refractivity contribution in [2.24, 2.45) is 0 Å². The molecule has 0 fully saturated rings. The van der Waals surface area contributed by atoms with Crippen LogP contribution in [0.25, 0.3) is 0 Å². The monoisotopic (exact) mass is 457 g/mol. The predicted octanol–water partition coefficient (Wildman–Crippen LogP) is 4.90. The minimum atomic E-state index is -0.0925. The van der Waals surface area contributed by atoms with E-state index in [-0.39, 0.29) is 23.0 Å². The maximum atomic E-state index is 10.1. The summed E-state index contributed by atoms with van der Waals surface area (Å²) < 4.78 is 5.73. The number of ether oxygens (including phenoxy) is 1. The molecule has 0 aromatic heterocycles. The molecule has 2 aromatic rings. The lowest BCUT2D eigenvalue weighted by Crippen LogP contribution is -2.40. The molecule has 6 nitrogen and oxygen atoms in total. The molecule has 0 saturated carbocycles. The fraction of sp³-hybridized carbons (Fsp3) is 0.556. The van der Waals surface area contributed by atoms with E-state index in [2.05, 4.69) is 11.8 Å². The van der Waals surface area contributed by atoms with Crippen molar-refractivity contribution in [3.8, 4) is 23.0 Å². The lowest BCUT2D eigenvalue weighted by Gasteiger charge is -2.35. The molecule has 4 N–H and O–H groups in total. The van der Waals surface area contributed by atoms with Gasteiger partial charge in [-0.25, -0.2) is 0 Å². The first-order chi connectivity index (χ1) is 16.0. The Morgan fingerprint density at radius 3 is 2.45 bits per heavy atom. The number of benzene rings is 2. The summed E-state index contributed by atoms with van der Waals surface area (Å²) in [6, 6.07) is 8.97. The van der Waals surface area contributed by atoms with Crippen LogP contribution >= 0.6 is 0 Å². The summed E-state index contributed by atoms with van der Waals surface area (Å²) >= 11 is 0. The van der Waals surface area contributed by atoms with Gasteiger partial charge in [0.2, 0.25) is 0 Å². The first-order valence-electron chi connectivity index (χ1n) is 12.3. The van der Waals surface area contributed by atoms with Gasteiger partial charge in [0.25, 0.3) is 0 Å². The Morgan fingerprint density at radius 1 is 0.879 bits per heavy atom. The van der Waals surface area contributed by atoms with Gasteiger partial charge in [-0.2, -0.15) is 0 Å². The number of nitrogens with zero attached hydrogens (tertiary/aromatic N) is 1. The van der Waals surface area contributed by atoms with Crippen molar-refractivity contribution < 1.29 is 25.2 Å². The van der Waals surface area contributed by atoms with E-state index in [4.69, 9.17) is 4.74 Å². The van der Waals surface area contributed by atoms with Crippen LogP contribution in [0.5, 0.6) is 23.0 Å². The standard InChI is InChI=1S/C27H39NO5/c1-2-14-28(22-9-10-23-21(19-22)8-12-25(30)27(23)32)15-5-3-4-6-16-33-17-13-20-7-11-24(29)26(31)18-20/h7-8,11-12,18,22,29-32H,2-6,9-10,13-17,19H2,1H3/t22-/m0/s1. The molecular formula is C27H39NO5. The lowest BCUT2D eigenvalue weighted by molar-refractivity contribution is 0.131. The molecule has 0 radical (unpaired) electrons. The van der Waals surface area contributed by atoms with Crippen molar-refractivity contribution in [2.75, 3.05) is 26.3 Å². The molecule has 2 aromatic carbocycles. The van der Waals surface area contributed by atoms with E-state index in [0.717, 1.165) is 75.8 Å². The number of aromatic hydroxyl groups is 4. The molecule has 0 bridgehead atoms. The lowest BCUT2D eigenvalue weighted by atomic mass is 9.86. The number of phenols is 4. The van der Waals surface area contributed by atoms with Crippen LogP contribution in [0.3, 0.4) is 0 Å². The van der Waals surface area contributed by atoms with Gasteiger partial charge in [-0.3, -0.25) is 0 Å². The van der Waals surface area contributed by atoms with E-state index >= 15 is 0 Å². The molecule has 1 atom stereocenters. The van der Waals surface area contributed by atoms with Crippen LogP contribution in [0.4, 0.5) is 0 Å². The van der Waals surface area contributed by atoms with Crippen molar-refractivity contribution in [3.05, 3.63) is 47.0 Å². The number of rotatable bonds is 13. The van der Waals surface area contributed by atoms with E-state index in [0.29, 0.717) is 12.6 Å². The molecule has 1 aliphatic rings. The molecule has 0 heterocycles. The molecule has 0 amide bonds. The largest absolute Gasteiger partial charge is 0.504 e. The summed E-state index contributed by atoms with van der Waals surface area (Å²) in [6.07, 6.45) is 9.21. The van der Waals surface area contributed by atoms with Gasteiger partial charge in [0.15, 0.2) is 23.0 Å². The highest BCUT2D eigenvalue weighted by atomic mass is 16.5. The second-order valence-electron chi connectivity index (χ2n) is 9.10. The highest BCUT2D eigenvalue weighted by Gasteiger charge is 2.26. The Kier molecular flexibility index (Phi) is 9.70. The zero-order valence-electron chi connectivity index (χ0n) is 19.8. The summed E-state index contributed by atoms with van der Waals surface area (Å²) in [7, 11) is 0. The Balaban J connectivity index is 1.30. The fourth-order valence-electron chi connectivity index (χ4n) is 4.77. The minimum absolute atomic E-state index is 0.0127. The van der Waals surface area contributed by atoms with Gasteiger partial charge in [0, 0.05) is 18.2 Å². The molecular weight excluding hydrogens is 418 g/mol. The van der Waals surface area contributed by atoms with Gasteiger partial charge in [0.1, 0.15) is 0 Å². The highest BCUT2D eigenvalue weighted by Crippen LogP contribution is 2.36. The molecule has 0 spiro atoms. The van der Waals surface area contributed by atoms with Crippen molar-refractivity contribution in [1.82, 2.24) is 4.90 Å². The Morgan fingerprint density at radius 2 is 1.67 bits per heavy atom. The zero-order chi connectivity index (χ0) is 23.6. The fourth-order valence-corrected chi connectivity index (χ4v) is 4.77. The van der Waals surface area contributed by atoms with E-state index in [9.17, 15) is 20.4 Å². The van der Waals surface area contributed by atoms with Crippen LogP contribution in [0, 0.1) is 0 Å². The molecule has 3 rings (SSSR count). The first kappa shape index (κ1) is 25.2. The van der Waals surface area contributed by atoms with Crippen LogP contribution in [0.1, 0.15) is 62.1 Å². The Bertz CT molecular complexity index is 885. The summed E-state index contributed by atoms with van der Waals surface area (Å²) in [5, 5.41) is 38.8. The third-order valence-electron chi connectivity index (χ3n) is 6.63. The second kappa shape index (κ2) is 12.7. The maximum Gasteiger partial charge on any atom is 0.160 e. The van der Waals surface area contributed by atoms with Gasteiger partial charge in [-0.05, 0) is 87.4 Å². The number of unbranched alkanes of at least 4 members (excludes halogenated alkanes) is 3. The van der Waals surface area contributed by atoms with E-state index < -0.39 is 0 Å². The molecule has 1 aliphatic carbocycles. The van der Waals surface area contributed by atoms with Gasteiger partial charge in [-0.15, -0.1) is 0 Å². The Labute approximate surface area is 197 Å². The molecule has 33 heavy (non-hydrogen) atoms. The number of fused-ring (bicyclic) bond motifs is 1. The SMILES string of the molecule is CCCN(CCCCCCOCCc1ccc(O)c(O)c1)[C@H]1CCc2c(ccc(O)c2O)C1. The van der Waals surface area contributed by atoms with E-state index in [1.807, 2.05) is 6.07 Å². The topological polar surface area (TPSA) is 93.4 Å². The summed E-state index contributed by atoms with van der Waals surface area (Å²) in [5.41, 5.74) is 3.05.